The van der Waals surface area contributed by atoms with Crippen molar-refractivity contribution in [1.29, 1.82) is 0 Å². The number of hydrogen-bond acceptors (Lipinski definition) is 5. The number of fused-ring (bicyclic) bond motifs is 3. The highest BCUT2D eigenvalue weighted by Gasteiger charge is 2.32. The summed E-state index contributed by atoms with van der Waals surface area (Å²) < 4.78 is 3.57. The van der Waals surface area contributed by atoms with E-state index >= 15 is 0 Å². The Morgan fingerprint density at radius 3 is 2.72 bits per heavy atom. The Balaban J connectivity index is 1.75. The number of rotatable bonds is 2. The summed E-state index contributed by atoms with van der Waals surface area (Å²) in [6, 6.07) is 0. The van der Waals surface area contributed by atoms with E-state index in [1.54, 1.807) is 36.2 Å². The van der Waals surface area contributed by atoms with Crippen molar-refractivity contribution in [3.63, 3.8) is 0 Å². The van der Waals surface area contributed by atoms with Gasteiger partial charge < -0.3 is 0 Å². The molecule has 9 heteroatoms. The number of nitrogens with zero attached hydrogens (tertiary/aromatic N) is 4. The van der Waals surface area contributed by atoms with Crippen LogP contribution in [0.4, 0.5) is 0 Å². The van der Waals surface area contributed by atoms with Crippen LogP contribution in [0.2, 0.25) is 0 Å². The Morgan fingerprint density at radius 1 is 1.38 bits per heavy atom. The molecule has 1 amide bonds. The van der Waals surface area contributed by atoms with E-state index in [2.05, 4.69) is 58.9 Å². The molecule has 0 radical (unpaired) electrons. The minimum Gasteiger partial charge on any atom is -0.274 e. The van der Waals surface area contributed by atoms with E-state index in [4.69, 9.17) is 0 Å². The van der Waals surface area contributed by atoms with Gasteiger partial charge in [0.15, 0.2) is 5.69 Å². The highest BCUT2D eigenvalue weighted by Crippen LogP contribution is 2.42. The minimum absolute atomic E-state index is 0.210. The van der Waals surface area contributed by atoms with Gasteiger partial charge in [-0.05, 0) is 65.7 Å². The van der Waals surface area contributed by atoms with Crippen LogP contribution in [0.25, 0.3) is 10.2 Å². The lowest BCUT2D eigenvalue weighted by Crippen LogP contribution is -2.36. The van der Waals surface area contributed by atoms with E-state index in [9.17, 15) is 9.59 Å². The first-order chi connectivity index (χ1) is 13.6. The van der Waals surface area contributed by atoms with E-state index in [-0.39, 0.29) is 11.0 Å². The molecule has 0 fully saturated rings. The van der Waals surface area contributed by atoms with Crippen molar-refractivity contribution < 1.29 is 4.79 Å². The van der Waals surface area contributed by atoms with Gasteiger partial charge in [0.05, 0.1) is 8.96 Å². The first-order valence-corrected chi connectivity index (χ1v) is 11.5. The van der Waals surface area contributed by atoms with Gasteiger partial charge in [0.1, 0.15) is 10.7 Å². The molecular weight excluding hydrogens is 501 g/mol. The molecule has 0 saturated carbocycles. The van der Waals surface area contributed by atoms with Crippen molar-refractivity contribution in [2.75, 3.05) is 5.43 Å². The molecule has 0 bridgehead atoms. The Kier molecular flexibility index (Phi) is 5.09. The van der Waals surface area contributed by atoms with Gasteiger partial charge in [0.2, 0.25) is 0 Å². The van der Waals surface area contributed by atoms with Crippen LogP contribution in [0.5, 0.6) is 0 Å². The predicted molar refractivity (Wildman–Crippen MR) is 123 cm³/mol. The summed E-state index contributed by atoms with van der Waals surface area (Å²) in [6.07, 6.45) is 4.68. The van der Waals surface area contributed by atoms with Gasteiger partial charge in [-0.15, -0.1) is 11.3 Å². The molecule has 3 heterocycles. The van der Waals surface area contributed by atoms with Crippen LogP contribution in [0.1, 0.15) is 53.9 Å². The molecule has 7 nitrogen and oxygen atoms in total. The summed E-state index contributed by atoms with van der Waals surface area (Å²) in [6.45, 7) is 8.57. The van der Waals surface area contributed by atoms with Gasteiger partial charge in [-0.1, -0.05) is 20.8 Å². The van der Waals surface area contributed by atoms with Crippen LogP contribution in [-0.4, -0.2) is 25.3 Å². The maximum absolute atomic E-state index is 13.3. The smallest absolute Gasteiger partial charge is 0.274 e. The third-order valence-electron chi connectivity index (χ3n) is 5.69. The fraction of sp³-hybridized carbons (Fsp3) is 0.500. The summed E-state index contributed by atoms with van der Waals surface area (Å²) >= 11 is 3.68. The van der Waals surface area contributed by atoms with E-state index in [0.717, 1.165) is 33.2 Å². The maximum atomic E-state index is 13.3. The molecule has 0 unspecified atom stereocenters. The molecular formula is C20H24IN5O2S. The van der Waals surface area contributed by atoms with E-state index < -0.39 is 5.91 Å². The summed E-state index contributed by atoms with van der Waals surface area (Å²) in [4.78, 5) is 32.7. The van der Waals surface area contributed by atoms with Crippen molar-refractivity contribution in [2.24, 2.45) is 18.4 Å². The van der Waals surface area contributed by atoms with Crippen molar-refractivity contribution in [3.05, 3.63) is 42.1 Å². The van der Waals surface area contributed by atoms with E-state index in [1.165, 1.54) is 9.55 Å². The summed E-state index contributed by atoms with van der Waals surface area (Å²) in [7, 11) is 1.76. The fourth-order valence-corrected chi connectivity index (χ4v) is 6.06. The highest BCUT2D eigenvalue weighted by molar-refractivity contribution is 14.1. The number of carbonyl (C=O) groups is 1. The molecule has 29 heavy (non-hydrogen) atoms. The third-order valence-corrected chi connectivity index (χ3v) is 7.63. The SMILES string of the molecule is Cc1nc2sc3c(c2c(=O)n1NC(=O)c1nn(C)cc1I)CC[C@@H](C(C)(C)C)C3. The molecule has 3 aromatic heterocycles. The van der Waals surface area contributed by atoms with Crippen LogP contribution in [0.15, 0.2) is 11.0 Å². The molecule has 0 aromatic carbocycles. The van der Waals surface area contributed by atoms with Crippen molar-refractivity contribution in [1.82, 2.24) is 19.4 Å². The average Bonchev–Trinajstić information content (AvgIpc) is 3.15. The van der Waals surface area contributed by atoms with Gasteiger partial charge >= 0.3 is 0 Å². The first-order valence-electron chi connectivity index (χ1n) is 9.60. The standard InChI is InChI=1S/C20H24IN5O2S/c1-10-22-18-15(12-7-6-11(20(2,3)4)8-14(12)29-18)19(28)26(10)24-17(27)16-13(21)9-25(5)23-16/h9,11H,6-8H2,1-5H3,(H,24,27)/t11-/m1/s1. The monoisotopic (exact) mass is 525 g/mol. The highest BCUT2D eigenvalue weighted by atomic mass is 127. The molecule has 0 saturated heterocycles. The van der Waals surface area contributed by atoms with Gasteiger partial charge in [-0.2, -0.15) is 5.10 Å². The van der Waals surface area contributed by atoms with Crippen LogP contribution in [-0.2, 0) is 19.9 Å². The lowest BCUT2D eigenvalue weighted by Gasteiger charge is -2.33. The Labute approximate surface area is 186 Å². The zero-order chi connectivity index (χ0) is 21.1. The number of aromatic nitrogens is 4. The van der Waals surface area contributed by atoms with Crippen molar-refractivity contribution >= 4 is 50.1 Å². The topological polar surface area (TPSA) is 81.8 Å². The van der Waals surface area contributed by atoms with Crippen LogP contribution >= 0.6 is 33.9 Å². The van der Waals surface area contributed by atoms with E-state index in [0.29, 0.717) is 22.8 Å². The average molecular weight is 525 g/mol. The number of thiophene rings is 1. The van der Waals surface area contributed by atoms with Crippen LogP contribution in [0.3, 0.4) is 0 Å². The molecule has 0 aliphatic heterocycles. The third kappa shape index (κ3) is 3.63. The van der Waals surface area contributed by atoms with Gasteiger partial charge in [0, 0.05) is 18.1 Å². The molecule has 1 N–H and O–H groups in total. The number of aryl methyl sites for hydroxylation is 3. The minimum atomic E-state index is -0.418. The maximum Gasteiger partial charge on any atom is 0.291 e. The van der Waals surface area contributed by atoms with Crippen LogP contribution in [0, 0.1) is 21.8 Å². The Morgan fingerprint density at radius 2 is 2.10 bits per heavy atom. The molecule has 1 atom stereocenters. The first kappa shape index (κ1) is 20.5. The summed E-state index contributed by atoms with van der Waals surface area (Å²) in [5.41, 5.74) is 4.13. The number of halogens is 1. The van der Waals surface area contributed by atoms with Crippen LogP contribution < -0.4 is 11.0 Å². The number of carbonyl (C=O) groups excluding carboxylic acids is 1. The number of amides is 1. The molecule has 154 valence electrons. The molecule has 1 aliphatic carbocycles. The fourth-order valence-electron chi connectivity index (χ4n) is 3.97. The summed E-state index contributed by atoms with van der Waals surface area (Å²) in [5, 5.41) is 4.83. The zero-order valence-corrected chi connectivity index (χ0v) is 20.1. The quantitative estimate of drug-likeness (QED) is 0.519. The number of hydrogen-bond donors (Lipinski definition) is 1. The molecule has 4 rings (SSSR count). The largest absolute Gasteiger partial charge is 0.291 e. The summed E-state index contributed by atoms with van der Waals surface area (Å²) in [5.74, 6) is 0.642. The molecule has 3 aromatic rings. The lowest BCUT2D eigenvalue weighted by atomic mass is 9.72. The van der Waals surface area contributed by atoms with Gasteiger partial charge in [-0.25, -0.2) is 9.66 Å². The zero-order valence-electron chi connectivity index (χ0n) is 17.2. The normalized spacial score (nSPS) is 16.8. The second-order valence-corrected chi connectivity index (χ2v) is 11.0. The van der Waals surface area contributed by atoms with Crippen molar-refractivity contribution in [2.45, 2.75) is 47.0 Å². The predicted octanol–water partition coefficient (Wildman–Crippen LogP) is 3.64. The second kappa shape index (κ2) is 7.19. The Hall–Kier alpha value is -1.75. The van der Waals surface area contributed by atoms with Gasteiger partial charge in [0.25, 0.3) is 11.5 Å². The molecule has 0 spiro atoms. The van der Waals surface area contributed by atoms with Crippen molar-refractivity contribution in [3.8, 4) is 0 Å². The Bertz CT molecular complexity index is 1180. The van der Waals surface area contributed by atoms with E-state index in [1.807, 2.05) is 0 Å². The molecule has 1 aliphatic rings. The lowest BCUT2D eigenvalue weighted by molar-refractivity contribution is 0.1000. The van der Waals surface area contributed by atoms with Gasteiger partial charge in [-0.3, -0.25) is 19.7 Å². The number of nitrogens with one attached hydrogen (secondary N) is 1. The second-order valence-electron chi connectivity index (χ2n) is 8.73.